The summed E-state index contributed by atoms with van der Waals surface area (Å²) in [7, 11) is 0. The van der Waals surface area contributed by atoms with Crippen molar-refractivity contribution in [2.24, 2.45) is 5.41 Å². The monoisotopic (exact) mass is 965 g/mol. The standard InChI is InChI=1S/C42H27N3.C30H32/c1-2-12-28(13-3-1)43-41-24-22-29(44-37-18-8-4-14-31(37)32-15-5-9-19-38(32)44)26-35(41)36-27-30(23-25-42(36)43)45-39-20-10-6-16-33(39)34-17-7-11-21-40(34)45;1-2-27-18-28(24-12-6-3-7-13-24)21-29(19-27,25-14-8-4-9-15-25)23-30(20-27,22-28)26-16-10-5-11-17-26/h1-27H;3-17H,2,18-23H2,1H3. The van der Waals surface area contributed by atoms with Gasteiger partial charge in [-0.25, -0.2) is 0 Å². The van der Waals surface area contributed by atoms with Crippen molar-refractivity contribution < 1.29 is 0 Å². The molecule has 0 amide bonds. The van der Waals surface area contributed by atoms with Gasteiger partial charge in [-0.05, 0) is 150 Å². The Labute approximate surface area is 438 Å². The summed E-state index contributed by atoms with van der Waals surface area (Å²) in [6.07, 6.45) is 9.32. The second-order valence-corrected chi connectivity index (χ2v) is 22.7. The van der Waals surface area contributed by atoms with Gasteiger partial charge in [-0.2, -0.15) is 0 Å². The number of hydrogen-bond donors (Lipinski definition) is 0. The molecule has 0 unspecified atom stereocenters. The number of hydrogen-bond acceptors (Lipinski definition) is 0. The molecule has 362 valence electrons. The number of benzene rings is 10. The molecule has 0 saturated heterocycles. The topological polar surface area (TPSA) is 14.8 Å². The van der Waals surface area contributed by atoms with Crippen LogP contribution in [0.1, 0.15) is 68.6 Å². The lowest BCUT2D eigenvalue weighted by atomic mass is 9.32. The largest absolute Gasteiger partial charge is 0.309 e. The van der Waals surface area contributed by atoms with Gasteiger partial charge in [-0.15, -0.1) is 0 Å². The lowest BCUT2D eigenvalue weighted by Crippen LogP contribution is -2.65. The quantitative estimate of drug-likeness (QED) is 0.151. The Bertz CT molecular complexity index is 3870. The van der Waals surface area contributed by atoms with Crippen LogP contribution < -0.4 is 0 Å². The maximum Gasteiger partial charge on any atom is 0.0542 e. The van der Waals surface area contributed by atoms with Gasteiger partial charge in [0.2, 0.25) is 0 Å². The maximum atomic E-state index is 2.46. The highest BCUT2D eigenvalue weighted by atomic mass is 15.0. The van der Waals surface area contributed by atoms with Gasteiger partial charge >= 0.3 is 0 Å². The van der Waals surface area contributed by atoms with E-state index in [1.54, 1.807) is 16.7 Å². The highest BCUT2D eigenvalue weighted by Gasteiger charge is 2.68. The van der Waals surface area contributed by atoms with Crippen LogP contribution in [0.2, 0.25) is 0 Å². The SMILES string of the molecule is CCC12CC3(c4ccccc4)CC(c4ccccc4)(C1)CC(c1ccccc1)(C2)C3.c1ccc(-n2c3ccc(-n4c5ccccc5c5ccccc54)cc3c3cc(-n4c5ccccc5c5ccccc54)ccc32)cc1. The molecule has 75 heavy (non-hydrogen) atoms. The van der Waals surface area contributed by atoms with E-state index in [-0.39, 0.29) is 16.2 Å². The van der Waals surface area contributed by atoms with E-state index >= 15 is 0 Å². The number of fused-ring (bicyclic) bond motifs is 9. The minimum absolute atomic E-state index is 0.289. The van der Waals surface area contributed by atoms with Crippen molar-refractivity contribution in [3.05, 3.63) is 271 Å². The summed E-state index contributed by atoms with van der Waals surface area (Å²) in [6.45, 7) is 2.46. The van der Waals surface area contributed by atoms with Gasteiger partial charge in [0.05, 0.1) is 33.1 Å². The normalized spacial score (nSPS) is 21.9. The molecule has 0 N–H and O–H groups in total. The van der Waals surface area contributed by atoms with Gasteiger partial charge in [0.1, 0.15) is 0 Å². The van der Waals surface area contributed by atoms with Gasteiger partial charge in [-0.3, -0.25) is 0 Å². The van der Waals surface area contributed by atoms with Crippen LogP contribution in [0.4, 0.5) is 0 Å². The zero-order valence-electron chi connectivity index (χ0n) is 42.5. The summed E-state index contributed by atoms with van der Waals surface area (Å²) in [5.74, 6) is 0. The molecule has 3 heteroatoms. The van der Waals surface area contributed by atoms with Crippen molar-refractivity contribution in [2.45, 2.75) is 68.1 Å². The Balaban J connectivity index is 0.000000143. The molecule has 13 aromatic rings. The molecule has 0 spiro atoms. The molecular weight excluding hydrogens is 907 g/mol. The molecule has 3 aromatic heterocycles. The Kier molecular flexibility index (Phi) is 9.89. The fourth-order valence-electron chi connectivity index (χ4n) is 16.0. The molecule has 4 fully saturated rings. The molecule has 17 rings (SSSR count). The Morgan fingerprint density at radius 3 is 0.880 bits per heavy atom. The zero-order chi connectivity index (χ0) is 49.8. The first-order chi connectivity index (χ1) is 37.0. The van der Waals surface area contributed by atoms with Crippen molar-refractivity contribution in [2.75, 3.05) is 0 Å². The third-order valence-electron chi connectivity index (χ3n) is 18.5. The van der Waals surface area contributed by atoms with E-state index in [1.807, 2.05) is 0 Å². The highest BCUT2D eigenvalue weighted by molar-refractivity contribution is 6.14. The number of aromatic nitrogens is 3. The van der Waals surface area contributed by atoms with Crippen LogP contribution in [0.3, 0.4) is 0 Å². The van der Waals surface area contributed by atoms with E-state index in [9.17, 15) is 0 Å². The molecule has 0 atom stereocenters. The maximum absolute atomic E-state index is 2.46. The van der Waals surface area contributed by atoms with Crippen molar-refractivity contribution in [1.82, 2.24) is 13.7 Å². The first-order valence-corrected chi connectivity index (χ1v) is 27.2. The number of para-hydroxylation sites is 5. The van der Waals surface area contributed by atoms with E-state index < -0.39 is 0 Å². The molecule has 4 aliphatic rings. The van der Waals surface area contributed by atoms with Crippen LogP contribution in [-0.2, 0) is 16.2 Å². The molecule has 0 aliphatic heterocycles. The number of nitrogens with zero attached hydrogens (tertiary/aromatic N) is 3. The van der Waals surface area contributed by atoms with Gasteiger partial charge in [0.25, 0.3) is 0 Å². The predicted molar refractivity (Wildman–Crippen MR) is 314 cm³/mol. The summed E-state index contributed by atoms with van der Waals surface area (Å²) >= 11 is 0. The Hall–Kier alpha value is -8.40. The second-order valence-electron chi connectivity index (χ2n) is 22.7. The van der Waals surface area contributed by atoms with Gasteiger partial charge in [0, 0.05) is 49.4 Å². The summed E-state index contributed by atoms with van der Waals surface area (Å²) in [5.41, 5.74) is 16.8. The van der Waals surface area contributed by atoms with Crippen molar-refractivity contribution in [3.63, 3.8) is 0 Å². The lowest BCUT2D eigenvalue weighted by molar-refractivity contribution is -0.109. The fraction of sp³-hybridized carbons (Fsp3) is 0.167. The lowest BCUT2D eigenvalue weighted by Gasteiger charge is -2.71. The fourth-order valence-corrected chi connectivity index (χ4v) is 16.0. The minimum atomic E-state index is 0.289. The van der Waals surface area contributed by atoms with E-state index in [4.69, 9.17) is 0 Å². The Morgan fingerprint density at radius 2 is 0.547 bits per heavy atom. The van der Waals surface area contributed by atoms with Crippen LogP contribution >= 0.6 is 0 Å². The van der Waals surface area contributed by atoms with Crippen LogP contribution in [0, 0.1) is 5.41 Å². The van der Waals surface area contributed by atoms with Crippen LogP contribution in [0.5, 0.6) is 0 Å². The second kappa shape index (κ2) is 16.8. The molecule has 3 heterocycles. The van der Waals surface area contributed by atoms with Gasteiger partial charge in [-0.1, -0.05) is 195 Å². The molecular formula is C72H59N3. The summed E-state index contributed by atoms with van der Waals surface area (Å²) in [6, 6.07) is 94.1. The third kappa shape index (κ3) is 6.73. The van der Waals surface area contributed by atoms with E-state index in [0.29, 0.717) is 5.41 Å². The molecule has 3 nitrogen and oxygen atoms in total. The van der Waals surface area contributed by atoms with Gasteiger partial charge in [0.15, 0.2) is 0 Å². The number of rotatable bonds is 7. The van der Waals surface area contributed by atoms with Crippen LogP contribution in [0.25, 0.3) is 82.5 Å². The summed E-state index contributed by atoms with van der Waals surface area (Å²) < 4.78 is 7.22. The molecule has 4 saturated carbocycles. The van der Waals surface area contributed by atoms with E-state index in [2.05, 4.69) is 275 Å². The Morgan fingerprint density at radius 1 is 0.267 bits per heavy atom. The van der Waals surface area contributed by atoms with E-state index in [1.165, 1.54) is 110 Å². The predicted octanol–water partition coefficient (Wildman–Crippen LogP) is 18.6. The van der Waals surface area contributed by atoms with Crippen LogP contribution in [-0.4, -0.2) is 13.7 Å². The van der Waals surface area contributed by atoms with E-state index in [0.717, 1.165) is 17.1 Å². The zero-order valence-corrected chi connectivity index (χ0v) is 42.5. The smallest absolute Gasteiger partial charge is 0.0542 e. The van der Waals surface area contributed by atoms with Crippen molar-refractivity contribution in [1.29, 1.82) is 0 Å². The van der Waals surface area contributed by atoms with Crippen molar-refractivity contribution >= 4 is 65.4 Å². The van der Waals surface area contributed by atoms with Gasteiger partial charge < -0.3 is 13.7 Å². The summed E-state index contributed by atoms with van der Waals surface area (Å²) in [4.78, 5) is 0. The highest BCUT2D eigenvalue weighted by Crippen LogP contribution is 2.75. The molecule has 0 radical (unpaired) electrons. The van der Waals surface area contributed by atoms with Crippen LogP contribution in [0.15, 0.2) is 255 Å². The average Bonchev–Trinajstić information content (AvgIpc) is 4.23. The average molecular weight is 966 g/mol. The molecule has 4 aliphatic carbocycles. The minimum Gasteiger partial charge on any atom is -0.309 e. The third-order valence-corrected chi connectivity index (χ3v) is 18.5. The molecule has 4 bridgehead atoms. The van der Waals surface area contributed by atoms with Crippen molar-refractivity contribution in [3.8, 4) is 17.1 Å². The summed E-state index contributed by atoms with van der Waals surface area (Å²) in [5, 5.41) is 7.55. The first kappa shape index (κ1) is 44.1. The first-order valence-electron chi connectivity index (χ1n) is 27.2. The molecule has 10 aromatic carbocycles.